The molecule has 0 radical (unpaired) electrons. The Balaban J connectivity index is 0.000000110. The van der Waals surface area contributed by atoms with Crippen LogP contribution in [0.25, 0.3) is 0 Å². The first-order chi connectivity index (χ1) is 3.31. The lowest BCUT2D eigenvalue weighted by molar-refractivity contribution is 1.07. The summed E-state index contributed by atoms with van der Waals surface area (Å²) in [5.41, 5.74) is 10.8. The fourth-order valence-corrected chi connectivity index (χ4v) is 0.0962. The van der Waals surface area contributed by atoms with E-state index >= 15 is 0 Å². The Morgan fingerprint density at radius 3 is 1.71 bits per heavy atom. The van der Waals surface area contributed by atoms with Crippen LogP contribution in [0.1, 0.15) is 12.8 Å². The van der Waals surface area contributed by atoms with E-state index in [1.165, 1.54) is 12.8 Å². The molecule has 0 amide bonds. The minimum absolute atomic E-state index is 0.583. The largest absolute Gasteiger partial charge is 0.396 e. The summed E-state index contributed by atoms with van der Waals surface area (Å²) in [7, 11) is 0. The van der Waals surface area contributed by atoms with Crippen LogP contribution in [0.2, 0.25) is 0 Å². The van der Waals surface area contributed by atoms with Crippen molar-refractivity contribution in [2.45, 2.75) is 18.9 Å². The highest BCUT2D eigenvalue weighted by Crippen LogP contribution is 2.13. The van der Waals surface area contributed by atoms with Crippen molar-refractivity contribution >= 4 is 17.7 Å². The van der Waals surface area contributed by atoms with Gasteiger partial charge in [0.05, 0.1) is 5.49 Å². The molecule has 0 bridgehead atoms. The molecular formula is C4H10N2S. The lowest BCUT2D eigenvalue weighted by atomic mass is 10.8. The van der Waals surface area contributed by atoms with Crippen LogP contribution < -0.4 is 11.5 Å². The molecule has 1 saturated carbocycles. The summed E-state index contributed by atoms with van der Waals surface area (Å²) in [6, 6.07) is 0.583. The van der Waals surface area contributed by atoms with Gasteiger partial charge in [0.2, 0.25) is 0 Å². The van der Waals surface area contributed by atoms with E-state index in [0.29, 0.717) is 6.04 Å². The zero-order valence-corrected chi connectivity index (χ0v) is 4.95. The van der Waals surface area contributed by atoms with Crippen LogP contribution >= 0.6 is 12.2 Å². The monoisotopic (exact) mass is 118 g/mol. The van der Waals surface area contributed by atoms with Crippen LogP contribution in [0.5, 0.6) is 0 Å². The number of hydrogen-bond acceptors (Lipinski definition) is 2. The van der Waals surface area contributed by atoms with Gasteiger partial charge in [-0.05, 0) is 12.8 Å². The van der Waals surface area contributed by atoms with Crippen molar-refractivity contribution in [1.29, 1.82) is 0 Å². The highest BCUT2D eigenvalue weighted by molar-refractivity contribution is 7.78. The SMILES string of the molecule is NC1CC1.NC=S. The van der Waals surface area contributed by atoms with Gasteiger partial charge in [-0.3, -0.25) is 0 Å². The molecule has 0 unspecified atom stereocenters. The summed E-state index contributed by atoms with van der Waals surface area (Å²) < 4.78 is 0. The fourth-order valence-electron chi connectivity index (χ4n) is 0.0962. The van der Waals surface area contributed by atoms with E-state index in [9.17, 15) is 0 Å². The van der Waals surface area contributed by atoms with Crippen LogP contribution in [0.4, 0.5) is 0 Å². The third kappa shape index (κ3) is 10.7. The summed E-state index contributed by atoms with van der Waals surface area (Å²) in [6.45, 7) is 0. The van der Waals surface area contributed by atoms with Crippen molar-refractivity contribution in [3.63, 3.8) is 0 Å². The van der Waals surface area contributed by atoms with Gasteiger partial charge in [-0.15, -0.1) is 0 Å². The molecule has 1 rings (SSSR count). The predicted octanol–water partition coefficient (Wildman–Crippen LogP) is 0.00980. The molecule has 1 aliphatic carbocycles. The van der Waals surface area contributed by atoms with Gasteiger partial charge in [0, 0.05) is 6.04 Å². The van der Waals surface area contributed by atoms with Crippen LogP contribution in [0.3, 0.4) is 0 Å². The van der Waals surface area contributed by atoms with Crippen molar-refractivity contribution in [3.8, 4) is 0 Å². The maximum absolute atomic E-state index is 5.22. The summed E-state index contributed by atoms with van der Waals surface area (Å²) in [5, 5.41) is 0. The molecule has 0 aliphatic heterocycles. The molecule has 4 N–H and O–H groups in total. The van der Waals surface area contributed by atoms with Gasteiger partial charge in [-0.25, -0.2) is 0 Å². The number of thiocarbonyl (C=S) groups is 1. The zero-order valence-electron chi connectivity index (χ0n) is 4.13. The van der Waals surface area contributed by atoms with E-state index in [1.54, 1.807) is 0 Å². The quantitative estimate of drug-likeness (QED) is 0.440. The molecule has 0 aromatic rings. The standard InChI is InChI=1S/C3H7N.CH3NS/c4-3-1-2-3;2-1-3/h3H,1-2,4H2;1H,(H2,2,3). The highest BCUT2D eigenvalue weighted by Gasteiger charge is 2.13. The van der Waals surface area contributed by atoms with Gasteiger partial charge in [-0.1, -0.05) is 12.2 Å². The lowest BCUT2D eigenvalue weighted by Crippen LogP contribution is -1.94. The van der Waals surface area contributed by atoms with Crippen molar-refractivity contribution in [3.05, 3.63) is 0 Å². The fraction of sp³-hybridized carbons (Fsp3) is 0.750. The van der Waals surface area contributed by atoms with Gasteiger partial charge in [0.15, 0.2) is 0 Å². The van der Waals surface area contributed by atoms with E-state index < -0.39 is 0 Å². The molecule has 0 spiro atoms. The number of rotatable bonds is 0. The second-order valence-corrected chi connectivity index (χ2v) is 1.75. The molecule has 0 atom stereocenters. The summed E-state index contributed by atoms with van der Waals surface area (Å²) in [4.78, 5) is 0. The third-order valence-electron chi connectivity index (χ3n) is 0.622. The van der Waals surface area contributed by atoms with E-state index in [2.05, 4.69) is 18.0 Å². The molecule has 0 saturated heterocycles. The second-order valence-electron chi connectivity index (χ2n) is 1.47. The van der Waals surface area contributed by atoms with E-state index in [1.807, 2.05) is 0 Å². The molecule has 0 heterocycles. The van der Waals surface area contributed by atoms with Crippen molar-refractivity contribution in [1.82, 2.24) is 0 Å². The maximum atomic E-state index is 5.22. The minimum atomic E-state index is 0.583. The third-order valence-corrected chi connectivity index (χ3v) is 0.622. The summed E-state index contributed by atoms with van der Waals surface area (Å²) in [6.07, 6.45) is 2.53. The average molecular weight is 118 g/mol. The van der Waals surface area contributed by atoms with Crippen LogP contribution in [0.15, 0.2) is 0 Å². The van der Waals surface area contributed by atoms with Gasteiger partial charge >= 0.3 is 0 Å². The molecule has 3 heteroatoms. The lowest BCUT2D eigenvalue weighted by Gasteiger charge is -1.58. The maximum Gasteiger partial charge on any atom is 0.0588 e. The van der Waals surface area contributed by atoms with Gasteiger partial charge in [-0.2, -0.15) is 0 Å². The van der Waals surface area contributed by atoms with Crippen LogP contribution in [-0.4, -0.2) is 11.5 Å². The Labute approximate surface area is 48.9 Å². The Morgan fingerprint density at radius 2 is 1.71 bits per heavy atom. The molecule has 2 nitrogen and oxygen atoms in total. The van der Waals surface area contributed by atoms with E-state index in [-0.39, 0.29) is 0 Å². The van der Waals surface area contributed by atoms with E-state index in [0.717, 1.165) is 5.49 Å². The molecule has 0 aromatic heterocycles. The van der Waals surface area contributed by atoms with Crippen molar-refractivity contribution < 1.29 is 0 Å². The molecule has 1 aliphatic rings. The highest BCUT2D eigenvalue weighted by atomic mass is 32.1. The van der Waals surface area contributed by atoms with Crippen LogP contribution in [0, 0.1) is 0 Å². The topological polar surface area (TPSA) is 52.0 Å². The smallest absolute Gasteiger partial charge is 0.0588 e. The Morgan fingerprint density at radius 1 is 1.57 bits per heavy atom. The Hall–Kier alpha value is -0.150. The normalized spacial score (nSPS) is 16.7. The Kier molecular flexibility index (Phi) is 3.93. The molecule has 0 aromatic carbocycles. The summed E-state index contributed by atoms with van der Waals surface area (Å²) in [5.74, 6) is 0. The summed E-state index contributed by atoms with van der Waals surface area (Å²) >= 11 is 4.05. The average Bonchev–Trinajstić information content (AvgIpc) is 2.25. The van der Waals surface area contributed by atoms with E-state index in [4.69, 9.17) is 5.73 Å². The first kappa shape index (κ1) is 6.85. The van der Waals surface area contributed by atoms with Crippen molar-refractivity contribution in [2.75, 3.05) is 0 Å². The number of nitrogens with two attached hydrogens (primary N) is 2. The van der Waals surface area contributed by atoms with Crippen molar-refractivity contribution in [2.24, 2.45) is 11.5 Å². The van der Waals surface area contributed by atoms with Gasteiger partial charge in [0.1, 0.15) is 0 Å². The first-order valence-corrected chi connectivity index (χ1v) is 2.69. The predicted molar refractivity (Wildman–Crippen MR) is 35.1 cm³/mol. The zero-order chi connectivity index (χ0) is 5.70. The molecule has 42 valence electrons. The molecule has 7 heavy (non-hydrogen) atoms. The van der Waals surface area contributed by atoms with Gasteiger partial charge in [0.25, 0.3) is 0 Å². The Bertz CT molecular complexity index is 51.7. The van der Waals surface area contributed by atoms with Crippen LogP contribution in [-0.2, 0) is 0 Å². The molecule has 1 fully saturated rings. The van der Waals surface area contributed by atoms with Gasteiger partial charge < -0.3 is 11.5 Å². The molecular weight excluding hydrogens is 108 g/mol. The second kappa shape index (κ2) is 4.02. The number of hydrogen-bond donors (Lipinski definition) is 2. The first-order valence-electron chi connectivity index (χ1n) is 2.22. The minimum Gasteiger partial charge on any atom is -0.396 e.